The van der Waals surface area contributed by atoms with Crippen LogP contribution in [0.1, 0.15) is 5.69 Å². The first-order valence-corrected chi connectivity index (χ1v) is 5.29. The lowest BCUT2D eigenvalue weighted by atomic mass is 10.2. The number of rotatable bonds is 4. The molecule has 0 unspecified atom stereocenters. The topological polar surface area (TPSA) is 29.0 Å². The summed E-state index contributed by atoms with van der Waals surface area (Å²) < 4.78 is 0. The average Bonchev–Trinajstić information content (AvgIpc) is 2.38. The van der Waals surface area contributed by atoms with E-state index in [0.29, 0.717) is 0 Å². The number of hydrogen-bond acceptors (Lipinski definition) is 3. The summed E-state index contributed by atoms with van der Waals surface area (Å²) in [4.78, 5) is 10.6. The Kier molecular flexibility index (Phi) is 3.49. The van der Waals surface area contributed by atoms with Crippen molar-refractivity contribution in [3.63, 3.8) is 0 Å². The second kappa shape index (κ2) is 5.26. The molecule has 0 aliphatic carbocycles. The summed E-state index contributed by atoms with van der Waals surface area (Å²) in [5.74, 6) is 0.967. The van der Waals surface area contributed by atoms with Gasteiger partial charge in [-0.25, -0.2) is 4.98 Å². The SMILES string of the molecule is CN(CCc1ccccn1)c1cc[c]cn1. The van der Waals surface area contributed by atoms with Gasteiger partial charge in [0.2, 0.25) is 0 Å². The molecule has 0 aromatic carbocycles. The predicted octanol–water partition coefficient (Wildman–Crippen LogP) is 1.96. The highest BCUT2D eigenvalue weighted by Crippen LogP contribution is 2.07. The third-order valence-corrected chi connectivity index (χ3v) is 2.42. The van der Waals surface area contributed by atoms with Crippen molar-refractivity contribution < 1.29 is 0 Å². The lowest BCUT2D eigenvalue weighted by molar-refractivity contribution is 0.839. The van der Waals surface area contributed by atoms with Crippen molar-refractivity contribution in [3.05, 3.63) is 54.5 Å². The van der Waals surface area contributed by atoms with E-state index in [-0.39, 0.29) is 0 Å². The molecule has 0 aliphatic heterocycles. The molecule has 0 atom stereocenters. The number of nitrogens with zero attached hydrogens (tertiary/aromatic N) is 3. The molecule has 0 aliphatic rings. The fourth-order valence-corrected chi connectivity index (χ4v) is 1.48. The van der Waals surface area contributed by atoms with E-state index in [1.807, 2.05) is 43.6 Å². The van der Waals surface area contributed by atoms with Gasteiger partial charge in [-0.2, -0.15) is 0 Å². The zero-order valence-corrected chi connectivity index (χ0v) is 9.30. The normalized spacial score (nSPS) is 10.1. The van der Waals surface area contributed by atoms with E-state index < -0.39 is 0 Å². The lowest BCUT2D eigenvalue weighted by Gasteiger charge is -2.17. The molecule has 81 valence electrons. The van der Waals surface area contributed by atoms with E-state index in [1.54, 1.807) is 6.20 Å². The van der Waals surface area contributed by atoms with Crippen LogP contribution in [0.3, 0.4) is 0 Å². The van der Waals surface area contributed by atoms with Crippen molar-refractivity contribution in [3.8, 4) is 0 Å². The molecule has 2 heterocycles. The van der Waals surface area contributed by atoms with Crippen molar-refractivity contribution >= 4 is 5.82 Å². The maximum Gasteiger partial charge on any atom is 0.128 e. The van der Waals surface area contributed by atoms with Crippen LogP contribution >= 0.6 is 0 Å². The molecule has 0 spiro atoms. The summed E-state index contributed by atoms with van der Waals surface area (Å²) in [5, 5.41) is 0. The first-order chi connectivity index (χ1) is 7.86. The molecule has 3 heteroatoms. The maximum absolute atomic E-state index is 4.29. The average molecular weight is 212 g/mol. The number of aromatic nitrogens is 2. The van der Waals surface area contributed by atoms with Gasteiger partial charge in [-0.15, -0.1) is 0 Å². The Hall–Kier alpha value is -1.90. The third-order valence-electron chi connectivity index (χ3n) is 2.42. The second-order valence-corrected chi connectivity index (χ2v) is 3.61. The minimum absolute atomic E-state index is 0.911. The molecular weight excluding hydrogens is 198 g/mol. The van der Waals surface area contributed by atoms with Gasteiger partial charge in [0.25, 0.3) is 0 Å². The zero-order valence-electron chi connectivity index (χ0n) is 9.30. The maximum atomic E-state index is 4.29. The molecule has 16 heavy (non-hydrogen) atoms. The van der Waals surface area contributed by atoms with Gasteiger partial charge in [-0.1, -0.05) is 6.07 Å². The monoisotopic (exact) mass is 212 g/mol. The summed E-state index contributed by atoms with van der Waals surface area (Å²) in [6.07, 6.45) is 4.44. The van der Waals surface area contributed by atoms with Crippen LogP contribution in [0.2, 0.25) is 0 Å². The summed E-state index contributed by atoms with van der Waals surface area (Å²) >= 11 is 0. The number of likely N-dealkylation sites (N-methyl/N-ethyl adjacent to an activating group) is 1. The summed E-state index contributed by atoms with van der Waals surface area (Å²) in [7, 11) is 2.03. The molecule has 0 N–H and O–H groups in total. The molecule has 2 aromatic rings. The fraction of sp³-hybridized carbons (Fsp3) is 0.231. The molecule has 0 saturated carbocycles. The number of hydrogen-bond donors (Lipinski definition) is 0. The van der Waals surface area contributed by atoms with Gasteiger partial charge >= 0.3 is 0 Å². The molecule has 0 bridgehead atoms. The van der Waals surface area contributed by atoms with Crippen LogP contribution in [0.15, 0.2) is 42.7 Å². The Labute approximate surface area is 95.8 Å². The third kappa shape index (κ3) is 2.79. The van der Waals surface area contributed by atoms with Crippen LogP contribution in [-0.2, 0) is 6.42 Å². The van der Waals surface area contributed by atoms with Crippen LogP contribution < -0.4 is 4.90 Å². The molecule has 2 aromatic heterocycles. The largest absolute Gasteiger partial charge is 0.359 e. The van der Waals surface area contributed by atoms with Crippen LogP contribution in [0.4, 0.5) is 5.82 Å². The van der Waals surface area contributed by atoms with E-state index >= 15 is 0 Å². The van der Waals surface area contributed by atoms with Crippen LogP contribution in [0.25, 0.3) is 0 Å². The molecule has 1 radical (unpaired) electrons. The number of pyridine rings is 2. The van der Waals surface area contributed by atoms with Crippen molar-refractivity contribution in [1.29, 1.82) is 0 Å². The van der Waals surface area contributed by atoms with Crippen molar-refractivity contribution in [2.75, 3.05) is 18.5 Å². The van der Waals surface area contributed by atoms with Gasteiger partial charge in [0.15, 0.2) is 0 Å². The Balaban J connectivity index is 1.92. The minimum atomic E-state index is 0.911. The van der Waals surface area contributed by atoms with Gasteiger partial charge in [0.05, 0.1) is 0 Å². The lowest BCUT2D eigenvalue weighted by Crippen LogP contribution is -2.21. The van der Waals surface area contributed by atoms with E-state index in [2.05, 4.69) is 20.9 Å². The first-order valence-electron chi connectivity index (χ1n) is 5.29. The van der Waals surface area contributed by atoms with Gasteiger partial charge in [0.1, 0.15) is 5.82 Å². The molecule has 0 saturated heterocycles. The summed E-state index contributed by atoms with van der Waals surface area (Å²) in [5.41, 5.74) is 1.11. The van der Waals surface area contributed by atoms with Gasteiger partial charge < -0.3 is 4.90 Å². The van der Waals surface area contributed by atoms with E-state index in [9.17, 15) is 0 Å². The Morgan fingerprint density at radius 1 is 1.25 bits per heavy atom. The van der Waals surface area contributed by atoms with Crippen molar-refractivity contribution in [1.82, 2.24) is 9.97 Å². The van der Waals surface area contributed by atoms with Crippen LogP contribution in [-0.4, -0.2) is 23.6 Å². The van der Waals surface area contributed by atoms with Crippen LogP contribution in [0, 0.1) is 6.07 Å². The molecular formula is C13H14N3. The highest BCUT2D eigenvalue weighted by molar-refractivity contribution is 5.36. The summed E-state index contributed by atoms with van der Waals surface area (Å²) in [6, 6.07) is 12.7. The van der Waals surface area contributed by atoms with Crippen molar-refractivity contribution in [2.45, 2.75) is 6.42 Å². The quantitative estimate of drug-likeness (QED) is 0.775. The molecule has 0 fully saturated rings. The standard InChI is InChI=1S/C13H14N3/c1-16(13-7-3-5-10-15-13)11-8-12-6-2-4-9-14-12/h2-4,6-7,9-10H,8,11H2,1H3. The molecule has 0 amide bonds. The fourth-order valence-electron chi connectivity index (χ4n) is 1.48. The number of anilines is 1. The molecule has 3 nitrogen and oxygen atoms in total. The van der Waals surface area contributed by atoms with E-state index in [0.717, 1.165) is 24.5 Å². The Morgan fingerprint density at radius 2 is 2.19 bits per heavy atom. The van der Waals surface area contributed by atoms with E-state index in [4.69, 9.17) is 0 Å². The van der Waals surface area contributed by atoms with E-state index in [1.165, 1.54) is 0 Å². The summed E-state index contributed by atoms with van der Waals surface area (Å²) in [6.45, 7) is 0.911. The van der Waals surface area contributed by atoms with Gasteiger partial charge in [-0.05, 0) is 24.3 Å². The van der Waals surface area contributed by atoms with Gasteiger partial charge in [0, 0.05) is 44.2 Å². The minimum Gasteiger partial charge on any atom is -0.359 e. The Bertz CT molecular complexity index is 414. The van der Waals surface area contributed by atoms with Gasteiger partial charge in [-0.3, -0.25) is 4.98 Å². The van der Waals surface area contributed by atoms with Crippen LogP contribution in [0.5, 0.6) is 0 Å². The van der Waals surface area contributed by atoms with Crippen molar-refractivity contribution in [2.24, 2.45) is 0 Å². The zero-order chi connectivity index (χ0) is 11.2. The first kappa shape index (κ1) is 10.6. The Morgan fingerprint density at radius 3 is 2.88 bits per heavy atom. The predicted molar refractivity (Wildman–Crippen MR) is 64.3 cm³/mol. The highest BCUT2D eigenvalue weighted by Gasteiger charge is 2.01. The molecule has 2 rings (SSSR count). The second-order valence-electron chi connectivity index (χ2n) is 3.61. The smallest absolute Gasteiger partial charge is 0.128 e. The highest BCUT2D eigenvalue weighted by atomic mass is 15.2.